The van der Waals surface area contributed by atoms with Gasteiger partial charge in [-0.05, 0) is 49.9 Å². The molecule has 2 aromatic rings. The fourth-order valence-corrected chi connectivity index (χ4v) is 4.03. The topological polar surface area (TPSA) is 49.4 Å². The summed E-state index contributed by atoms with van der Waals surface area (Å²) in [6.45, 7) is 8.76. The summed E-state index contributed by atoms with van der Waals surface area (Å²) in [5.41, 5.74) is 3.92. The van der Waals surface area contributed by atoms with Crippen LogP contribution in [-0.4, -0.2) is 29.3 Å². The number of benzene rings is 2. The van der Waals surface area contributed by atoms with Gasteiger partial charge in [-0.2, -0.15) is 0 Å². The number of aryl methyl sites for hydroxylation is 2. The second-order valence-electron chi connectivity index (χ2n) is 7.65. The molecule has 0 aromatic heterocycles. The van der Waals surface area contributed by atoms with Gasteiger partial charge < -0.3 is 10.2 Å². The fourth-order valence-electron chi connectivity index (χ4n) is 3.57. The Morgan fingerprint density at radius 3 is 2.27 bits per heavy atom. The van der Waals surface area contributed by atoms with E-state index in [4.69, 9.17) is 23.2 Å². The third-order valence-corrected chi connectivity index (χ3v) is 5.51. The molecule has 0 aliphatic rings. The van der Waals surface area contributed by atoms with E-state index >= 15 is 0 Å². The molecule has 0 saturated heterocycles. The van der Waals surface area contributed by atoms with E-state index in [-0.39, 0.29) is 24.8 Å². The number of rotatable bonds is 9. The number of hydrogen-bond donors (Lipinski definition) is 1. The molecule has 0 heterocycles. The summed E-state index contributed by atoms with van der Waals surface area (Å²) in [5, 5.41) is 3.94. The molecule has 0 radical (unpaired) electrons. The first-order chi connectivity index (χ1) is 14.2. The van der Waals surface area contributed by atoms with E-state index in [1.807, 2.05) is 39.8 Å². The van der Waals surface area contributed by atoms with E-state index in [2.05, 4.69) is 11.4 Å². The summed E-state index contributed by atoms with van der Waals surface area (Å²) in [6, 6.07) is 10.7. The molecule has 6 heteroatoms. The van der Waals surface area contributed by atoms with Crippen LogP contribution in [0.15, 0.2) is 36.4 Å². The summed E-state index contributed by atoms with van der Waals surface area (Å²) in [7, 11) is 0. The lowest BCUT2D eigenvalue weighted by atomic mass is 10.0. The van der Waals surface area contributed by atoms with Crippen molar-refractivity contribution in [1.29, 1.82) is 0 Å². The molecule has 0 aliphatic heterocycles. The van der Waals surface area contributed by atoms with Gasteiger partial charge in [-0.25, -0.2) is 0 Å². The third-order valence-electron chi connectivity index (χ3n) is 4.93. The zero-order valence-corrected chi connectivity index (χ0v) is 19.6. The van der Waals surface area contributed by atoms with Crippen molar-refractivity contribution < 1.29 is 9.59 Å². The number of amides is 2. The van der Waals surface area contributed by atoms with Crippen molar-refractivity contribution in [3.63, 3.8) is 0 Å². The lowest BCUT2D eigenvalue weighted by Crippen LogP contribution is -2.49. The highest BCUT2D eigenvalue weighted by Crippen LogP contribution is 2.24. The summed E-state index contributed by atoms with van der Waals surface area (Å²) >= 11 is 12.4. The molecule has 2 rings (SSSR count). The Morgan fingerprint density at radius 2 is 1.70 bits per heavy atom. The maximum atomic E-state index is 13.4. The molecule has 2 aromatic carbocycles. The monoisotopic (exact) mass is 448 g/mol. The lowest BCUT2D eigenvalue weighted by molar-refractivity contribution is -0.140. The largest absolute Gasteiger partial charge is 0.354 e. The van der Waals surface area contributed by atoms with Crippen LogP contribution >= 0.6 is 23.2 Å². The van der Waals surface area contributed by atoms with Gasteiger partial charge >= 0.3 is 0 Å². The molecule has 0 aliphatic carbocycles. The Kier molecular flexibility index (Phi) is 9.19. The van der Waals surface area contributed by atoms with Gasteiger partial charge in [0.1, 0.15) is 6.04 Å². The second kappa shape index (κ2) is 11.4. The van der Waals surface area contributed by atoms with Gasteiger partial charge in [0, 0.05) is 23.1 Å². The van der Waals surface area contributed by atoms with Gasteiger partial charge in [0.2, 0.25) is 11.8 Å². The van der Waals surface area contributed by atoms with Crippen molar-refractivity contribution in [3.8, 4) is 0 Å². The number of nitrogens with one attached hydrogen (secondary N) is 1. The molecule has 30 heavy (non-hydrogen) atoms. The quantitative estimate of drug-likeness (QED) is 0.551. The number of carbonyl (C=O) groups is 2. The normalized spacial score (nSPS) is 11.8. The molecule has 1 unspecified atom stereocenters. The minimum atomic E-state index is -0.568. The van der Waals surface area contributed by atoms with Crippen LogP contribution in [0.3, 0.4) is 0 Å². The first-order valence-electron chi connectivity index (χ1n) is 10.3. The van der Waals surface area contributed by atoms with Crippen molar-refractivity contribution in [2.45, 2.75) is 59.5 Å². The minimum Gasteiger partial charge on any atom is -0.354 e. The van der Waals surface area contributed by atoms with Crippen molar-refractivity contribution in [2.75, 3.05) is 6.54 Å². The van der Waals surface area contributed by atoms with Crippen LogP contribution in [0, 0.1) is 13.8 Å². The van der Waals surface area contributed by atoms with Crippen molar-refractivity contribution in [2.24, 2.45) is 0 Å². The number of halogens is 2. The van der Waals surface area contributed by atoms with Crippen molar-refractivity contribution >= 4 is 35.0 Å². The molecule has 4 nitrogen and oxygen atoms in total. The predicted octanol–water partition coefficient (Wildman–Crippen LogP) is 5.49. The van der Waals surface area contributed by atoms with Gasteiger partial charge in [-0.15, -0.1) is 0 Å². The smallest absolute Gasteiger partial charge is 0.242 e. The molecule has 0 bridgehead atoms. The lowest BCUT2D eigenvalue weighted by Gasteiger charge is -2.31. The molecule has 0 fully saturated rings. The maximum absolute atomic E-state index is 13.4. The first-order valence-corrected chi connectivity index (χ1v) is 11.1. The van der Waals surface area contributed by atoms with Gasteiger partial charge in [-0.3, -0.25) is 9.59 Å². The Morgan fingerprint density at radius 1 is 1.03 bits per heavy atom. The second-order valence-corrected chi connectivity index (χ2v) is 8.49. The van der Waals surface area contributed by atoms with Gasteiger partial charge in [0.05, 0.1) is 6.42 Å². The molecule has 1 atom stereocenters. The van der Waals surface area contributed by atoms with Crippen LogP contribution in [0.2, 0.25) is 10.0 Å². The van der Waals surface area contributed by atoms with E-state index < -0.39 is 6.04 Å². The molecule has 1 N–H and O–H groups in total. The predicted molar refractivity (Wildman–Crippen MR) is 124 cm³/mol. The molecule has 0 saturated carbocycles. The highest BCUT2D eigenvalue weighted by Gasteiger charge is 2.29. The van der Waals surface area contributed by atoms with Gasteiger partial charge in [-0.1, -0.05) is 72.4 Å². The summed E-state index contributed by atoms with van der Waals surface area (Å²) in [6.07, 6.45) is 1.58. The van der Waals surface area contributed by atoms with Crippen LogP contribution in [0.4, 0.5) is 0 Å². The summed E-state index contributed by atoms with van der Waals surface area (Å²) in [5.74, 6) is -0.247. The van der Waals surface area contributed by atoms with Crippen LogP contribution in [0.5, 0.6) is 0 Å². The average Bonchev–Trinajstić information content (AvgIpc) is 2.66. The van der Waals surface area contributed by atoms with Gasteiger partial charge in [0.15, 0.2) is 0 Å². The SMILES string of the molecule is CCCNC(=O)C(CC)N(Cc1ccc(Cl)cc1Cl)C(=O)Cc1cc(C)cc(C)c1. The summed E-state index contributed by atoms with van der Waals surface area (Å²) in [4.78, 5) is 27.8. The fraction of sp³-hybridized carbons (Fsp3) is 0.417. The van der Waals surface area contributed by atoms with Crippen LogP contribution in [-0.2, 0) is 22.6 Å². The van der Waals surface area contributed by atoms with Crippen LogP contribution in [0.1, 0.15) is 48.9 Å². The van der Waals surface area contributed by atoms with E-state index in [0.29, 0.717) is 23.0 Å². The Hall–Kier alpha value is -2.04. The molecule has 0 spiro atoms. The number of nitrogens with zero attached hydrogens (tertiary/aromatic N) is 1. The Bertz CT molecular complexity index is 879. The average molecular weight is 449 g/mol. The van der Waals surface area contributed by atoms with E-state index in [1.54, 1.807) is 23.1 Å². The molecule has 162 valence electrons. The van der Waals surface area contributed by atoms with E-state index in [1.165, 1.54) is 0 Å². The Balaban J connectivity index is 2.34. The van der Waals surface area contributed by atoms with E-state index in [0.717, 1.165) is 28.7 Å². The van der Waals surface area contributed by atoms with E-state index in [9.17, 15) is 9.59 Å². The molecule has 2 amide bonds. The number of hydrogen-bond acceptors (Lipinski definition) is 2. The zero-order chi connectivity index (χ0) is 22.3. The highest BCUT2D eigenvalue weighted by molar-refractivity contribution is 6.35. The highest BCUT2D eigenvalue weighted by atomic mass is 35.5. The van der Waals surface area contributed by atoms with Crippen molar-refractivity contribution in [3.05, 3.63) is 68.7 Å². The number of carbonyl (C=O) groups excluding carboxylic acids is 2. The standard InChI is InChI=1S/C24H30Cl2N2O2/c1-5-9-27-24(30)22(6-2)28(15-19-7-8-20(25)14-21(19)26)23(29)13-18-11-16(3)10-17(4)12-18/h7-8,10-12,14,22H,5-6,9,13,15H2,1-4H3,(H,27,30). The minimum absolute atomic E-state index is 0.107. The van der Waals surface area contributed by atoms with Crippen molar-refractivity contribution in [1.82, 2.24) is 10.2 Å². The Labute approximate surface area is 189 Å². The van der Waals surface area contributed by atoms with Gasteiger partial charge in [0.25, 0.3) is 0 Å². The first kappa shape index (κ1) is 24.2. The van der Waals surface area contributed by atoms with Crippen LogP contribution in [0.25, 0.3) is 0 Å². The molecular weight excluding hydrogens is 419 g/mol. The molecular formula is C24H30Cl2N2O2. The van der Waals surface area contributed by atoms with Crippen LogP contribution < -0.4 is 5.32 Å². The maximum Gasteiger partial charge on any atom is 0.242 e. The zero-order valence-electron chi connectivity index (χ0n) is 18.1. The summed E-state index contributed by atoms with van der Waals surface area (Å²) < 4.78 is 0. The third kappa shape index (κ3) is 6.75.